The van der Waals surface area contributed by atoms with Crippen LogP contribution in [0.4, 0.5) is 0 Å². The molecule has 1 aromatic rings. The summed E-state index contributed by atoms with van der Waals surface area (Å²) in [6.07, 6.45) is 6.21. The van der Waals surface area contributed by atoms with Gasteiger partial charge in [-0.05, 0) is 31.1 Å². The molecule has 2 rings (SSSR count). The molecule has 1 heterocycles. The normalized spacial score (nSPS) is 15.9. The molecule has 0 radical (unpaired) electrons. The third-order valence-corrected chi connectivity index (χ3v) is 4.21. The molecule has 0 aromatic carbocycles. The van der Waals surface area contributed by atoms with Crippen molar-refractivity contribution >= 4 is 22.0 Å². The highest BCUT2D eigenvalue weighted by Gasteiger charge is 2.22. The fourth-order valence-electron chi connectivity index (χ4n) is 1.54. The van der Waals surface area contributed by atoms with Gasteiger partial charge >= 0.3 is 0 Å². The highest BCUT2D eigenvalue weighted by atomic mass is 32.2. The SMILES string of the molecule is CN(Cc1ccc(/C=C/C(=O)NC2CC2)o1)S(C)(=O)=O. The van der Waals surface area contributed by atoms with E-state index in [1.165, 1.54) is 17.4 Å². The van der Waals surface area contributed by atoms with Gasteiger partial charge in [-0.15, -0.1) is 0 Å². The maximum atomic E-state index is 11.5. The van der Waals surface area contributed by atoms with Gasteiger partial charge in [0.25, 0.3) is 0 Å². The van der Waals surface area contributed by atoms with Gasteiger partial charge in [0.05, 0.1) is 12.8 Å². The van der Waals surface area contributed by atoms with Crippen LogP contribution in [0.1, 0.15) is 24.4 Å². The van der Waals surface area contributed by atoms with Crippen molar-refractivity contribution in [2.45, 2.75) is 25.4 Å². The minimum atomic E-state index is -3.23. The molecule has 1 aromatic heterocycles. The lowest BCUT2D eigenvalue weighted by Crippen LogP contribution is -2.24. The zero-order valence-electron chi connectivity index (χ0n) is 11.5. The number of sulfonamides is 1. The molecule has 0 unspecified atom stereocenters. The molecule has 0 saturated heterocycles. The Bertz CT molecular complexity index is 614. The highest BCUT2D eigenvalue weighted by Crippen LogP contribution is 2.18. The maximum absolute atomic E-state index is 11.5. The fraction of sp³-hybridized carbons (Fsp3) is 0.462. The van der Waals surface area contributed by atoms with Crippen molar-refractivity contribution in [2.75, 3.05) is 13.3 Å². The Kier molecular flexibility index (Phi) is 4.29. The van der Waals surface area contributed by atoms with Crippen molar-refractivity contribution in [3.63, 3.8) is 0 Å². The summed E-state index contributed by atoms with van der Waals surface area (Å²) in [6, 6.07) is 3.72. The van der Waals surface area contributed by atoms with Crippen LogP contribution in [-0.2, 0) is 21.4 Å². The number of hydrogen-bond donors (Lipinski definition) is 1. The summed E-state index contributed by atoms with van der Waals surface area (Å²) in [4.78, 5) is 11.5. The molecule has 0 atom stereocenters. The summed E-state index contributed by atoms with van der Waals surface area (Å²) in [5.74, 6) is 0.909. The van der Waals surface area contributed by atoms with E-state index in [4.69, 9.17) is 4.42 Å². The molecular formula is C13H18N2O4S. The van der Waals surface area contributed by atoms with E-state index in [2.05, 4.69) is 5.32 Å². The van der Waals surface area contributed by atoms with Crippen LogP contribution in [0.25, 0.3) is 6.08 Å². The van der Waals surface area contributed by atoms with E-state index in [1.54, 1.807) is 18.2 Å². The van der Waals surface area contributed by atoms with Crippen molar-refractivity contribution in [2.24, 2.45) is 0 Å². The van der Waals surface area contributed by atoms with Gasteiger partial charge in [-0.1, -0.05) is 0 Å². The Hall–Kier alpha value is -1.60. The summed E-state index contributed by atoms with van der Waals surface area (Å²) in [5.41, 5.74) is 0. The first-order chi connectivity index (χ1) is 9.34. The number of hydrogen-bond acceptors (Lipinski definition) is 4. The summed E-state index contributed by atoms with van der Waals surface area (Å²) < 4.78 is 29.2. The number of rotatable bonds is 6. The lowest BCUT2D eigenvalue weighted by atomic mass is 10.3. The number of nitrogens with zero attached hydrogens (tertiary/aromatic N) is 1. The Balaban J connectivity index is 1.91. The van der Waals surface area contributed by atoms with Crippen molar-refractivity contribution in [3.05, 3.63) is 29.7 Å². The summed E-state index contributed by atoms with van der Waals surface area (Å²) in [7, 11) is -1.75. The number of nitrogens with one attached hydrogen (secondary N) is 1. The van der Waals surface area contributed by atoms with Gasteiger partial charge < -0.3 is 9.73 Å². The Morgan fingerprint density at radius 1 is 1.50 bits per heavy atom. The molecule has 0 bridgehead atoms. The zero-order chi connectivity index (χ0) is 14.8. The fourth-order valence-corrected chi connectivity index (χ4v) is 1.90. The lowest BCUT2D eigenvalue weighted by Gasteiger charge is -2.11. The van der Waals surface area contributed by atoms with Gasteiger partial charge in [0.15, 0.2) is 0 Å². The minimum absolute atomic E-state index is 0.140. The molecule has 1 N–H and O–H groups in total. The molecule has 1 saturated carbocycles. The first-order valence-electron chi connectivity index (χ1n) is 6.33. The third kappa shape index (κ3) is 4.50. The van der Waals surface area contributed by atoms with Crippen LogP contribution in [0.15, 0.2) is 22.6 Å². The van der Waals surface area contributed by atoms with Crippen molar-refractivity contribution in [3.8, 4) is 0 Å². The van der Waals surface area contributed by atoms with Crippen LogP contribution in [0, 0.1) is 0 Å². The molecule has 1 aliphatic carbocycles. The zero-order valence-corrected chi connectivity index (χ0v) is 12.3. The van der Waals surface area contributed by atoms with Crippen LogP contribution in [0.5, 0.6) is 0 Å². The Morgan fingerprint density at radius 3 is 2.80 bits per heavy atom. The maximum Gasteiger partial charge on any atom is 0.244 e. The van der Waals surface area contributed by atoms with E-state index < -0.39 is 10.0 Å². The predicted molar refractivity (Wildman–Crippen MR) is 75.2 cm³/mol. The highest BCUT2D eigenvalue weighted by molar-refractivity contribution is 7.88. The monoisotopic (exact) mass is 298 g/mol. The largest absolute Gasteiger partial charge is 0.460 e. The first-order valence-corrected chi connectivity index (χ1v) is 8.18. The molecular weight excluding hydrogens is 280 g/mol. The Labute approximate surface area is 118 Å². The van der Waals surface area contributed by atoms with Gasteiger partial charge in [-0.3, -0.25) is 4.79 Å². The van der Waals surface area contributed by atoms with E-state index in [-0.39, 0.29) is 12.5 Å². The van der Waals surface area contributed by atoms with Gasteiger partial charge in [0.2, 0.25) is 15.9 Å². The first kappa shape index (κ1) is 14.8. The number of carbonyl (C=O) groups excluding carboxylic acids is 1. The summed E-state index contributed by atoms with van der Waals surface area (Å²) in [6.45, 7) is 0.168. The van der Waals surface area contributed by atoms with E-state index in [1.807, 2.05) is 0 Å². The second-order valence-corrected chi connectivity index (χ2v) is 7.03. The molecule has 0 aliphatic heterocycles. The molecule has 7 heteroatoms. The predicted octanol–water partition coefficient (Wildman–Crippen LogP) is 0.963. The second kappa shape index (κ2) is 5.80. The minimum Gasteiger partial charge on any atom is -0.460 e. The molecule has 6 nitrogen and oxygen atoms in total. The molecule has 20 heavy (non-hydrogen) atoms. The summed E-state index contributed by atoms with van der Waals surface area (Å²) >= 11 is 0. The van der Waals surface area contributed by atoms with Crippen LogP contribution in [0.3, 0.4) is 0 Å². The van der Waals surface area contributed by atoms with Gasteiger partial charge in [0.1, 0.15) is 11.5 Å². The number of furan rings is 1. The number of amides is 1. The molecule has 1 amide bonds. The molecule has 1 fully saturated rings. The molecule has 1 aliphatic rings. The average molecular weight is 298 g/mol. The smallest absolute Gasteiger partial charge is 0.244 e. The van der Waals surface area contributed by atoms with Gasteiger partial charge in [0, 0.05) is 19.2 Å². The standard InChI is InChI=1S/C13H18N2O4S/c1-15(20(2,17)18)9-12-6-5-11(19-12)7-8-13(16)14-10-3-4-10/h5-8,10H,3-4,9H2,1-2H3,(H,14,16)/b8-7+. The quantitative estimate of drug-likeness (QED) is 0.793. The van der Waals surface area contributed by atoms with Gasteiger partial charge in [-0.25, -0.2) is 8.42 Å². The summed E-state index contributed by atoms with van der Waals surface area (Å²) in [5, 5.41) is 2.83. The van der Waals surface area contributed by atoms with Crippen LogP contribution < -0.4 is 5.32 Å². The van der Waals surface area contributed by atoms with E-state index >= 15 is 0 Å². The average Bonchev–Trinajstić information content (AvgIpc) is 3.03. The van der Waals surface area contributed by atoms with Gasteiger partial charge in [-0.2, -0.15) is 4.31 Å². The second-order valence-electron chi connectivity index (χ2n) is 4.94. The van der Waals surface area contributed by atoms with Crippen LogP contribution in [0.2, 0.25) is 0 Å². The van der Waals surface area contributed by atoms with Crippen molar-refractivity contribution < 1.29 is 17.6 Å². The van der Waals surface area contributed by atoms with Crippen LogP contribution >= 0.6 is 0 Å². The van der Waals surface area contributed by atoms with Crippen LogP contribution in [-0.4, -0.2) is 38.0 Å². The van der Waals surface area contributed by atoms with Crippen molar-refractivity contribution in [1.82, 2.24) is 9.62 Å². The van der Waals surface area contributed by atoms with E-state index in [0.717, 1.165) is 19.1 Å². The van der Waals surface area contributed by atoms with E-state index in [9.17, 15) is 13.2 Å². The van der Waals surface area contributed by atoms with E-state index in [0.29, 0.717) is 17.6 Å². The lowest BCUT2D eigenvalue weighted by molar-refractivity contribution is -0.116. The topological polar surface area (TPSA) is 79.6 Å². The molecule has 110 valence electrons. The Morgan fingerprint density at radius 2 is 2.20 bits per heavy atom. The third-order valence-electron chi connectivity index (χ3n) is 2.95. The van der Waals surface area contributed by atoms with Crippen molar-refractivity contribution in [1.29, 1.82) is 0 Å². The molecule has 0 spiro atoms. The number of carbonyl (C=O) groups is 1.